The standard InChI is InChI=1S/C9H11NO.C6H5Cl2N/c1-10(2)9-5-3-8(7-11)4-6-9;7-4-1-2-6(9)5(8)3-4/h3-7H,1-2H3;1-3H,9H2. The molecule has 2 aromatic carbocycles. The Balaban J connectivity index is 0.000000204. The van der Waals surface area contributed by atoms with E-state index in [0.29, 0.717) is 15.7 Å². The molecule has 0 aliphatic carbocycles. The summed E-state index contributed by atoms with van der Waals surface area (Å²) < 4.78 is 0. The molecule has 0 unspecified atom stereocenters. The number of aldehydes is 1. The first-order chi connectivity index (χ1) is 9.43. The number of nitrogen functional groups attached to an aromatic ring is 1. The number of hydrogen-bond acceptors (Lipinski definition) is 3. The lowest BCUT2D eigenvalue weighted by Crippen LogP contribution is -2.08. The van der Waals surface area contributed by atoms with Crippen molar-refractivity contribution in [3.05, 3.63) is 58.1 Å². The summed E-state index contributed by atoms with van der Waals surface area (Å²) in [7, 11) is 3.94. The molecule has 20 heavy (non-hydrogen) atoms. The third kappa shape index (κ3) is 5.11. The lowest BCUT2D eigenvalue weighted by molar-refractivity contribution is 0.112. The van der Waals surface area contributed by atoms with E-state index >= 15 is 0 Å². The molecule has 0 aliphatic rings. The fraction of sp³-hybridized carbons (Fsp3) is 0.133. The molecule has 0 spiro atoms. The van der Waals surface area contributed by atoms with Gasteiger partial charge in [0.2, 0.25) is 0 Å². The second kappa shape index (κ2) is 7.78. The molecule has 2 N–H and O–H groups in total. The van der Waals surface area contributed by atoms with Gasteiger partial charge < -0.3 is 10.6 Å². The minimum absolute atomic E-state index is 0.502. The fourth-order valence-corrected chi connectivity index (χ4v) is 1.76. The number of carbonyl (C=O) groups excluding carboxylic acids is 1. The molecule has 0 heterocycles. The summed E-state index contributed by atoms with van der Waals surface area (Å²) >= 11 is 11.2. The topological polar surface area (TPSA) is 46.3 Å². The Labute approximate surface area is 128 Å². The van der Waals surface area contributed by atoms with Gasteiger partial charge in [-0.25, -0.2) is 0 Å². The van der Waals surface area contributed by atoms with E-state index in [-0.39, 0.29) is 0 Å². The largest absolute Gasteiger partial charge is 0.398 e. The highest BCUT2D eigenvalue weighted by Gasteiger charge is 1.94. The fourth-order valence-electron chi connectivity index (χ4n) is 1.35. The van der Waals surface area contributed by atoms with Gasteiger partial charge in [-0.1, -0.05) is 23.2 Å². The van der Waals surface area contributed by atoms with E-state index in [2.05, 4.69) is 0 Å². The van der Waals surface area contributed by atoms with Crippen LogP contribution in [-0.2, 0) is 0 Å². The van der Waals surface area contributed by atoms with Crippen molar-refractivity contribution in [2.45, 2.75) is 0 Å². The van der Waals surface area contributed by atoms with Gasteiger partial charge in [-0.15, -0.1) is 0 Å². The average molecular weight is 311 g/mol. The number of carbonyl (C=O) groups is 1. The molecule has 0 bridgehead atoms. The summed E-state index contributed by atoms with van der Waals surface area (Å²) in [5.41, 5.74) is 7.78. The minimum atomic E-state index is 0.502. The number of anilines is 2. The van der Waals surface area contributed by atoms with Gasteiger partial charge in [0.25, 0.3) is 0 Å². The van der Waals surface area contributed by atoms with Crippen molar-refractivity contribution >= 4 is 40.9 Å². The maximum atomic E-state index is 10.3. The lowest BCUT2D eigenvalue weighted by atomic mass is 10.2. The summed E-state index contributed by atoms with van der Waals surface area (Å²) in [6.45, 7) is 0. The summed E-state index contributed by atoms with van der Waals surface area (Å²) in [5, 5.41) is 1.11. The van der Waals surface area contributed by atoms with Crippen molar-refractivity contribution in [1.29, 1.82) is 0 Å². The molecule has 0 atom stereocenters. The highest BCUT2D eigenvalue weighted by molar-refractivity contribution is 6.36. The zero-order valence-corrected chi connectivity index (χ0v) is 12.8. The Hall–Kier alpha value is -1.71. The maximum absolute atomic E-state index is 10.3. The number of benzene rings is 2. The quantitative estimate of drug-likeness (QED) is 0.670. The molecule has 0 radical (unpaired) electrons. The van der Waals surface area contributed by atoms with E-state index < -0.39 is 0 Å². The second-order valence-electron chi connectivity index (χ2n) is 4.27. The highest BCUT2D eigenvalue weighted by atomic mass is 35.5. The molecule has 0 saturated heterocycles. The molecule has 0 saturated carbocycles. The van der Waals surface area contributed by atoms with Crippen LogP contribution in [0.2, 0.25) is 10.0 Å². The van der Waals surface area contributed by atoms with Crippen LogP contribution in [0.5, 0.6) is 0 Å². The van der Waals surface area contributed by atoms with Crippen LogP contribution >= 0.6 is 23.2 Å². The minimum Gasteiger partial charge on any atom is -0.398 e. The first-order valence-corrected chi connectivity index (χ1v) is 6.62. The van der Waals surface area contributed by atoms with Crippen molar-refractivity contribution in [1.82, 2.24) is 0 Å². The van der Waals surface area contributed by atoms with E-state index in [1.54, 1.807) is 18.2 Å². The lowest BCUT2D eigenvalue weighted by Gasteiger charge is -2.11. The van der Waals surface area contributed by atoms with Crippen molar-refractivity contribution < 1.29 is 4.79 Å². The van der Waals surface area contributed by atoms with E-state index in [1.165, 1.54) is 0 Å². The monoisotopic (exact) mass is 310 g/mol. The molecular weight excluding hydrogens is 295 g/mol. The Morgan fingerprint density at radius 2 is 1.65 bits per heavy atom. The van der Waals surface area contributed by atoms with E-state index in [4.69, 9.17) is 28.9 Å². The van der Waals surface area contributed by atoms with Gasteiger partial charge in [-0.05, 0) is 42.5 Å². The van der Waals surface area contributed by atoms with Crippen molar-refractivity contribution in [2.75, 3.05) is 24.7 Å². The van der Waals surface area contributed by atoms with Crippen LogP contribution in [0.25, 0.3) is 0 Å². The summed E-state index contributed by atoms with van der Waals surface area (Å²) in [4.78, 5) is 12.3. The predicted octanol–water partition coefficient (Wildman–Crippen LogP) is 4.14. The summed E-state index contributed by atoms with van der Waals surface area (Å²) in [5.74, 6) is 0. The molecule has 0 amide bonds. The SMILES string of the molecule is CN(C)c1ccc(C=O)cc1.Nc1ccc(Cl)cc1Cl. The van der Waals surface area contributed by atoms with Gasteiger partial charge in [0, 0.05) is 30.4 Å². The average Bonchev–Trinajstić information content (AvgIpc) is 2.44. The van der Waals surface area contributed by atoms with Crippen LogP contribution in [0.3, 0.4) is 0 Å². The third-order valence-electron chi connectivity index (χ3n) is 2.51. The van der Waals surface area contributed by atoms with Gasteiger partial charge in [0.05, 0.1) is 10.7 Å². The normalized spacial score (nSPS) is 9.40. The molecular formula is C15H16Cl2N2O. The van der Waals surface area contributed by atoms with Crippen LogP contribution in [0.15, 0.2) is 42.5 Å². The van der Waals surface area contributed by atoms with Crippen LogP contribution in [0.4, 0.5) is 11.4 Å². The first kappa shape index (κ1) is 16.3. The van der Waals surface area contributed by atoms with Gasteiger partial charge >= 0.3 is 0 Å². The van der Waals surface area contributed by atoms with E-state index in [1.807, 2.05) is 43.3 Å². The molecule has 0 aliphatic heterocycles. The van der Waals surface area contributed by atoms with Crippen molar-refractivity contribution in [2.24, 2.45) is 0 Å². The molecule has 0 aromatic heterocycles. The Morgan fingerprint density at radius 3 is 2.05 bits per heavy atom. The zero-order chi connectivity index (χ0) is 15.1. The van der Waals surface area contributed by atoms with Crippen molar-refractivity contribution in [3.8, 4) is 0 Å². The van der Waals surface area contributed by atoms with Crippen LogP contribution in [0, 0.1) is 0 Å². The first-order valence-electron chi connectivity index (χ1n) is 5.87. The molecule has 2 rings (SSSR count). The van der Waals surface area contributed by atoms with Gasteiger partial charge in [0.15, 0.2) is 0 Å². The maximum Gasteiger partial charge on any atom is 0.150 e. The molecule has 0 fully saturated rings. The smallest absolute Gasteiger partial charge is 0.150 e. The summed E-state index contributed by atoms with van der Waals surface area (Å²) in [6.07, 6.45) is 0.847. The number of rotatable bonds is 2. The van der Waals surface area contributed by atoms with Crippen LogP contribution in [0.1, 0.15) is 10.4 Å². The second-order valence-corrected chi connectivity index (χ2v) is 5.11. The van der Waals surface area contributed by atoms with Gasteiger partial charge in [-0.2, -0.15) is 0 Å². The summed E-state index contributed by atoms with van der Waals surface area (Å²) in [6, 6.07) is 12.4. The van der Waals surface area contributed by atoms with Gasteiger partial charge in [-0.3, -0.25) is 4.79 Å². The molecule has 5 heteroatoms. The number of nitrogens with zero attached hydrogens (tertiary/aromatic N) is 1. The highest BCUT2D eigenvalue weighted by Crippen LogP contribution is 2.21. The third-order valence-corrected chi connectivity index (χ3v) is 3.07. The molecule has 106 valence electrons. The van der Waals surface area contributed by atoms with E-state index in [0.717, 1.165) is 17.5 Å². The number of halogens is 2. The van der Waals surface area contributed by atoms with Crippen LogP contribution < -0.4 is 10.6 Å². The van der Waals surface area contributed by atoms with Crippen LogP contribution in [-0.4, -0.2) is 20.4 Å². The molecule has 3 nitrogen and oxygen atoms in total. The number of nitrogens with two attached hydrogens (primary N) is 1. The Morgan fingerprint density at radius 1 is 1.05 bits per heavy atom. The predicted molar refractivity (Wildman–Crippen MR) is 87.0 cm³/mol. The van der Waals surface area contributed by atoms with E-state index in [9.17, 15) is 4.79 Å². The zero-order valence-electron chi connectivity index (χ0n) is 11.3. The number of hydrogen-bond donors (Lipinski definition) is 1. The van der Waals surface area contributed by atoms with Crippen molar-refractivity contribution in [3.63, 3.8) is 0 Å². The van der Waals surface area contributed by atoms with Gasteiger partial charge in [0.1, 0.15) is 6.29 Å². The Bertz CT molecular complexity index is 569. The Kier molecular flexibility index (Phi) is 6.36. The molecule has 2 aromatic rings.